The van der Waals surface area contributed by atoms with Crippen LogP contribution in [-0.2, 0) is 16.4 Å². The average molecular weight is 538 g/mol. The van der Waals surface area contributed by atoms with E-state index in [0.29, 0.717) is 15.6 Å². The van der Waals surface area contributed by atoms with Gasteiger partial charge in [-0.25, -0.2) is 18.4 Å². The van der Waals surface area contributed by atoms with Gasteiger partial charge >= 0.3 is 0 Å². The van der Waals surface area contributed by atoms with Gasteiger partial charge < -0.3 is 4.90 Å². The number of azide groups is 1. The van der Waals surface area contributed by atoms with Crippen molar-refractivity contribution in [2.24, 2.45) is 5.11 Å². The Morgan fingerprint density at radius 2 is 1.97 bits per heavy atom. The standard InChI is InChI=1S/C22H16BrN7O3S/c1-34(32,33)21-19(5-3-9-26-21)30(22(31)15-4-2-8-25-12-15)13-14-10-17(23)16-6-7-20(28-29-24)27-18(16)11-14/h2-12H,13H2,1H3. The first-order valence-electron chi connectivity index (χ1n) is 9.79. The molecule has 0 aliphatic rings. The van der Waals surface area contributed by atoms with Crippen LogP contribution in [0.2, 0.25) is 0 Å². The second-order valence-corrected chi connectivity index (χ2v) is 10.0. The van der Waals surface area contributed by atoms with Crippen molar-refractivity contribution in [2.45, 2.75) is 11.6 Å². The number of aromatic nitrogens is 3. The smallest absolute Gasteiger partial charge is 0.260 e. The molecule has 0 saturated heterocycles. The molecule has 10 nitrogen and oxygen atoms in total. The minimum atomic E-state index is -3.73. The molecule has 0 radical (unpaired) electrons. The van der Waals surface area contributed by atoms with Crippen molar-refractivity contribution >= 4 is 54.1 Å². The zero-order valence-corrected chi connectivity index (χ0v) is 20.1. The van der Waals surface area contributed by atoms with E-state index < -0.39 is 15.7 Å². The van der Waals surface area contributed by atoms with Gasteiger partial charge in [0.15, 0.2) is 14.9 Å². The third-order valence-electron chi connectivity index (χ3n) is 4.84. The summed E-state index contributed by atoms with van der Waals surface area (Å²) >= 11 is 3.52. The Hall–Kier alpha value is -3.86. The molecule has 0 spiro atoms. The number of hydrogen-bond donors (Lipinski definition) is 0. The molecular weight excluding hydrogens is 522 g/mol. The van der Waals surface area contributed by atoms with Gasteiger partial charge in [-0.05, 0) is 64.7 Å². The first-order chi connectivity index (χ1) is 16.3. The van der Waals surface area contributed by atoms with Crippen LogP contribution in [0, 0.1) is 0 Å². The topological polar surface area (TPSA) is 142 Å². The summed E-state index contributed by atoms with van der Waals surface area (Å²) in [6.07, 6.45) is 5.36. The van der Waals surface area contributed by atoms with Crippen LogP contribution in [0.25, 0.3) is 21.3 Å². The van der Waals surface area contributed by atoms with Gasteiger partial charge in [0.1, 0.15) is 5.82 Å². The summed E-state index contributed by atoms with van der Waals surface area (Å²) in [5, 5.41) is 4.11. The molecule has 0 fully saturated rings. The molecule has 0 atom stereocenters. The SMILES string of the molecule is CS(=O)(=O)c1ncccc1N(Cc1cc(Br)c2ccc(N=[N+]=[N-])nc2c1)C(=O)c1cccnc1. The number of amides is 1. The van der Waals surface area contributed by atoms with Crippen molar-refractivity contribution in [3.63, 3.8) is 0 Å². The number of rotatable bonds is 6. The van der Waals surface area contributed by atoms with E-state index in [2.05, 4.69) is 40.9 Å². The Morgan fingerprint density at radius 1 is 1.18 bits per heavy atom. The maximum Gasteiger partial charge on any atom is 0.260 e. The second kappa shape index (κ2) is 9.56. The predicted molar refractivity (Wildman–Crippen MR) is 130 cm³/mol. The molecule has 4 rings (SSSR count). The summed E-state index contributed by atoms with van der Waals surface area (Å²) in [7, 11) is -3.73. The number of sulfone groups is 1. The summed E-state index contributed by atoms with van der Waals surface area (Å²) in [6, 6.07) is 13.3. The van der Waals surface area contributed by atoms with E-state index in [-0.39, 0.29) is 28.6 Å². The fraction of sp³-hybridized carbons (Fsp3) is 0.0909. The molecule has 4 aromatic rings. The van der Waals surface area contributed by atoms with Gasteiger partial charge in [0, 0.05) is 39.6 Å². The number of benzene rings is 1. The number of hydrogen-bond acceptors (Lipinski definition) is 7. The third kappa shape index (κ3) is 4.88. The van der Waals surface area contributed by atoms with E-state index in [0.717, 1.165) is 11.6 Å². The number of nitrogens with zero attached hydrogens (tertiary/aromatic N) is 7. The molecule has 0 saturated carbocycles. The van der Waals surface area contributed by atoms with Crippen LogP contribution in [0.3, 0.4) is 0 Å². The van der Waals surface area contributed by atoms with E-state index in [4.69, 9.17) is 5.53 Å². The third-order valence-corrected chi connectivity index (χ3v) is 6.51. The van der Waals surface area contributed by atoms with Crippen molar-refractivity contribution in [3.8, 4) is 0 Å². The van der Waals surface area contributed by atoms with Crippen molar-refractivity contribution in [2.75, 3.05) is 11.2 Å². The zero-order valence-electron chi connectivity index (χ0n) is 17.7. The normalized spacial score (nSPS) is 11.1. The van der Waals surface area contributed by atoms with Gasteiger partial charge in [0.2, 0.25) is 0 Å². The fourth-order valence-corrected chi connectivity index (χ4v) is 4.83. The van der Waals surface area contributed by atoms with Gasteiger partial charge in [-0.3, -0.25) is 9.78 Å². The summed E-state index contributed by atoms with van der Waals surface area (Å²) < 4.78 is 25.6. The minimum Gasteiger partial charge on any atom is -0.301 e. The van der Waals surface area contributed by atoms with Gasteiger partial charge in [-0.15, -0.1) is 0 Å². The number of fused-ring (bicyclic) bond motifs is 1. The predicted octanol–water partition coefficient (Wildman–Crippen LogP) is 4.98. The molecule has 3 aromatic heterocycles. The Kier molecular flexibility index (Phi) is 6.55. The second-order valence-electron chi connectivity index (χ2n) is 7.24. The summed E-state index contributed by atoms with van der Waals surface area (Å²) in [4.78, 5) is 30.0. The number of anilines is 1. The quantitative estimate of drug-likeness (QED) is 0.193. The molecule has 0 unspecified atom stereocenters. The molecule has 0 aliphatic heterocycles. The first kappa shape index (κ1) is 23.3. The van der Waals surface area contributed by atoms with Crippen molar-refractivity contribution in [1.29, 1.82) is 0 Å². The van der Waals surface area contributed by atoms with Gasteiger partial charge in [0.25, 0.3) is 5.91 Å². The molecule has 12 heteroatoms. The van der Waals surface area contributed by atoms with Crippen LogP contribution in [0.15, 0.2) is 81.7 Å². The van der Waals surface area contributed by atoms with Gasteiger partial charge in [-0.2, -0.15) is 0 Å². The largest absolute Gasteiger partial charge is 0.301 e. The highest BCUT2D eigenvalue weighted by molar-refractivity contribution is 9.10. The van der Waals surface area contributed by atoms with E-state index in [1.165, 1.54) is 23.4 Å². The number of pyridine rings is 3. The summed E-state index contributed by atoms with van der Waals surface area (Å²) in [5.74, 6) is -0.244. The highest BCUT2D eigenvalue weighted by atomic mass is 79.9. The lowest BCUT2D eigenvalue weighted by molar-refractivity contribution is 0.0984. The van der Waals surface area contributed by atoms with Crippen LogP contribution in [0.4, 0.5) is 11.5 Å². The molecular formula is C22H16BrN7O3S. The van der Waals surface area contributed by atoms with Crippen LogP contribution in [-0.4, -0.2) is 35.5 Å². The number of halogens is 1. The average Bonchev–Trinajstić information content (AvgIpc) is 2.82. The number of carbonyl (C=O) groups is 1. The van der Waals surface area contributed by atoms with Crippen LogP contribution in [0.5, 0.6) is 0 Å². The molecule has 3 heterocycles. The highest BCUT2D eigenvalue weighted by Gasteiger charge is 2.26. The maximum absolute atomic E-state index is 13.5. The van der Waals surface area contributed by atoms with E-state index >= 15 is 0 Å². The first-order valence-corrected chi connectivity index (χ1v) is 12.5. The molecule has 0 N–H and O–H groups in total. The van der Waals surface area contributed by atoms with Crippen LogP contribution in [0.1, 0.15) is 15.9 Å². The molecule has 34 heavy (non-hydrogen) atoms. The van der Waals surface area contributed by atoms with Crippen LogP contribution >= 0.6 is 15.9 Å². The fourth-order valence-electron chi connectivity index (χ4n) is 3.39. The summed E-state index contributed by atoms with van der Waals surface area (Å²) in [6.45, 7) is 0.0178. The Morgan fingerprint density at radius 3 is 2.68 bits per heavy atom. The van der Waals surface area contributed by atoms with E-state index in [1.54, 1.807) is 42.6 Å². The van der Waals surface area contributed by atoms with E-state index in [1.807, 2.05) is 6.07 Å². The lowest BCUT2D eigenvalue weighted by Crippen LogP contribution is -2.32. The van der Waals surface area contributed by atoms with Crippen LogP contribution < -0.4 is 4.90 Å². The molecule has 1 aromatic carbocycles. The highest BCUT2D eigenvalue weighted by Crippen LogP contribution is 2.30. The Labute approximate surface area is 203 Å². The Bertz CT molecular complexity index is 1560. The van der Waals surface area contributed by atoms with Crippen molar-refractivity contribution < 1.29 is 13.2 Å². The maximum atomic E-state index is 13.5. The van der Waals surface area contributed by atoms with Gasteiger partial charge in [-0.1, -0.05) is 15.9 Å². The minimum absolute atomic E-state index is 0.0178. The number of carbonyl (C=O) groups excluding carboxylic acids is 1. The molecule has 170 valence electrons. The van der Waals surface area contributed by atoms with Crippen molar-refractivity contribution in [3.05, 3.63) is 93.2 Å². The van der Waals surface area contributed by atoms with Gasteiger partial charge in [0.05, 0.1) is 23.3 Å². The molecule has 0 bridgehead atoms. The molecule has 1 amide bonds. The lowest BCUT2D eigenvalue weighted by Gasteiger charge is -2.24. The van der Waals surface area contributed by atoms with Crippen molar-refractivity contribution in [1.82, 2.24) is 15.0 Å². The van der Waals surface area contributed by atoms with E-state index in [9.17, 15) is 13.2 Å². The monoisotopic (exact) mass is 537 g/mol. The summed E-state index contributed by atoms with van der Waals surface area (Å²) in [5.41, 5.74) is 10.3. The lowest BCUT2D eigenvalue weighted by atomic mass is 10.1. The zero-order chi connectivity index (χ0) is 24.3. The Balaban J connectivity index is 1.86. The molecule has 0 aliphatic carbocycles.